The van der Waals surface area contributed by atoms with E-state index >= 15 is 0 Å². The van der Waals surface area contributed by atoms with E-state index in [1.807, 2.05) is 13.8 Å². The summed E-state index contributed by atoms with van der Waals surface area (Å²) in [5.74, 6) is -1.71. The summed E-state index contributed by atoms with van der Waals surface area (Å²) in [6, 6.07) is 2.03. The lowest BCUT2D eigenvalue weighted by molar-refractivity contribution is -0.117. The monoisotopic (exact) mass is 225 g/mol. The first kappa shape index (κ1) is 11.0. The van der Waals surface area contributed by atoms with Gasteiger partial charge in [0.2, 0.25) is 5.91 Å². The van der Waals surface area contributed by atoms with Gasteiger partial charge in [-0.05, 0) is 24.0 Å². The summed E-state index contributed by atoms with van der Waals surface area (Å²) >= 11 is 0. The van der Waals surface area contributed by atoms with Gasteiger partial charge in [-0.2, -0.15) is 0 Å². The molecule has 0 fully saturated rings. The molecule has 2 nitrogen and oxygen atoms in total. The van der Waals surface area contributed by atoms with E-state index in [0.29, 0.717) is 17.9 Å². The van der Waals surface area contributed by atoms with Crippen LogP contribution in [0.2, 0.25) is 0 Å². The van der Waals surface area contributed by atoms with E-state index in [2.05, 4.69) is 5.32 Å². The molecule has 0 saturated carbocycles. The Balaban J connectivity index is 2.43. The molecule has 0 bridgehead atoms. The van der Waals surface area contributed by atoms with Gasteiger partial charge in [0.1, 0.15) is 11.6 Å². The Morgan fingerprint density at radius 2 is 2.06 bits per heavy atom. The maximum absolute atomic E-state index is 13.4. The Morgan fingerprint density at radius 3 is 2.69 bits per heavy atom. The maximum atomic E-state index is 13.4. The predicted molar refractivity (Wildman–Crippen MR) is 57.2 cm³/mol. The molecule has 2 rings (SSSR count). The van der Waals surface area contributed by atoms with Crippen LogP contribution < -0.4 is 5.32 Å². The summed E-state index contributed by atoms with van der Waals surface area (Å²) < 4.78 is 26.5. The van der Waals surface area contributed by atoms with E-state index in [-0.39, 0.29) is 11.6 Å². The lowest BCUT2D eigenvalue weighted by Crippen LogP contribution is -2.13. The quantitative estimate of drug-likeness (QED) is 0.823. The van der Waals surface area contributed by atoms with Gasteiger partial charge in [-0.25, -0.2) is 8.78 Å². The summed E-state index contributed by atoms with van der Waals surface area (Å²) in [7, 11) is 0. The van der Waals surface area contributed by atoms with E-state index in [9.17, 15) is 13.6 Å². The Bertz CT molecular complexity index is 443. The zero-order valence-electron chi connectivity index (χ0n) is 9.18. The first-order valence-electron chi connectivity index (χ1n) is 5.29. The molecule has 0 aromatic heterocycles. The molecular formula is C12H13F2NO. The van der Waals surface area contributed by atoms with Gasteiger partial charge >= 0.3 is 0 Å². The number of carbonyl (C=O) groups is 1. The number of carbonyl (C=O) groups excluding carboxylic acids is 1. The van der Waals surface area contributed by atoms with Crippen LogP contribution in [0.4, 0.5) is 14.5 Å². The molecule has 16 heavy (non-hydrogen) atoms. The minimum Gasteiger partial charge on any atom is -0.323 e. The van der Waals surface area contributed by atoms with Crippen molar-refractivity contribution < 1.29 is 13.6 Å². The fraction of sp³-hybridized carbons (Fsp3) is 0.417. The fourth-order valence-corrected chi connectivity index (χ4v) is 2.06. The Labute approximate surface area is 92.7 Å². The van der Waals surface area contributed by atoms with E-state index in [1.54, 1.807) is 0 Å². The molecule has 4 heteroatoms. The third kappa shape index (κ3) is 1.79. The second-order valence-corrected chi connectivity index (χ2v) is 4.52. The molecule has 1 aromatic rings. The molecule has 0 radical (unpaired) electrons. The van der Waals surface area contributed by atoms with Gasteiger partial charge in [-0.1, -0.05) is 13.8 Å². The van der Waals surface area contributed by atoms with Crippen LogP contribution in [0.15, 0.2) is 12.1 Å². The number of benzene rings is 1. The van der Waals surface area contributed by atoms with Crippen LogP contribution in [0.5, 0.6) is 0 Å². The second-order valence-electron chi connectivity index (χ2n) is 4.52. The molecule has 1 atom stereocenters. The van der Waals surface area contributed by atoms with E-state index in [1.165, 1.54) is 6.07 Å². The average Bonchev–Trinajstić information content (AvgIpc) is 2.45. The third-order valence-corrected chi connectivity index (χ3v) is 2.73. The van der Waals surface area contributed by atoms with Crippen LogP contribution in [-0.2, 0) is 4.79 Å². The van der Waals surface area contributed by atoms with Crippen molar-refractivity contribution in [1.29, 1.82) is 0 Å². The SMILES string of the molecule is CC(C)CC1C(=O)Nc2c(F)cc(F)cc21. The fourth-order valence-electron chi connectivity index (χ4n) is 2.06. The van der Waals surface area contributed by atoms with E-state index in [0.717, 1.165) is 6.07 Å². The van der Waals surface area contributed by atoms with Gasteiger partial charge in [-0.3, -0.25) is 4.79 Å². The number of anilines is 1. The molecular weight excluding hydrogens is 212 g/mol. The van der Waals surface area contributed by atoms with Gasteiger partial charge in [0, 0.05) is 6.07 Å². The molecule has 1 amide bonds. The van der Waals surface area contributed by atoms with Crippen molar-refractivity contribution in [2.24, 2.45) is 5.92 Å². The predicted octanol–water partition coefficient (Wildman–Crippen LogP) is 3.05. The minimum absolute atomic E-state index is 0.136. The number of halogens is 2. The molecule has 1 unspecified atom stereocenters. The summed E-state index contributed by atoms with van der Waals surface area (Å²) in [6.07, 6.45) is 0.599. The lowest BCUT2D eigenvalue weighted by atomic mass is 9.91. The van der Waals surface area contributed by atoms with Crippen LogP contribution in [0.1, 0.15) is 31.7 Å². The zero-order chi connectivity index (χ0) is 11.9. The molecule has 1 heterocycles. The molecule has 1 aliphatic heterocycles. The first-order chi connectivity index (χ1) is 7.49. The summed E-state index contributed by atoms with van der Waals surface area (Å²) in [6.45, 7) is 3.95. The number of hydrogen-bond donors (Lipinski definition) is 1. The van der Waals surface area contributed by atoms with Gasteiger partial charge in [0.05, 0.1) is 11.6 Å². The van der Waals surface area contributed by atoms with Crippen molar-refractivity contribution in [2.45, 2.75) is 26.2 Å². The number of fused-ring (bicyclic) bond motifs is 1. The number of rotatable bonds is 2. The van der Waals surface area contributed by atoms with Gasteiger partial charge in [-0.15, -0.1) is 0 Å². The van der Waals surface area contributed by atoms with Crippen molar-refractivity contribution in [1.82, 2.24) is 0 Å². The molecule has 0 spiro atoms. The number of nitrogens with one attached hydrogen (secondary N) is 1. The standard InChI is InChI=1S/C12H13F2NO/c1-6(2)3-9-8-4-7(13)5-10(14)11(8)15-12(9)16/h4-6,9H,3H2,1-2H3,(H,15,16). The highest BCUT2D eigenvalue weighted by Gasteiger charge is 2.33. The van der Waals surface area contributed by atoms with E-state index in [4.69, 9.17) is 0 Å². The van der Waals surface area contributed by atoms with Crippen molar-refractivity contribution in [3.63, 3.8) is 0 Å². The van der Waals surface area contributed by atoms with E-state index < -0.39 is 17.6 Å². The van der Waals surface area contributed by atoms with Crippen LogP contribution in [0.3, 0.4) is 0 Å². The molecule has 1 aliphatic rings. The van der Waals surface area contributed by atoms with Gasteiger partial charge in [0.15, 0.2) is 0 Å². The number of hydrogen-bond acceptors (Lipinski definition) is 1. The zero-order valence-corrected chi connectivity index (χ0v) is 9.18. The minimum atomic E-state index is -0.699. The summed E-state index contributed by atoms with van der Waals surface area (Å²) in [4.78, 5) is 11.6. The second kappa shape index (κ2) is 3.85. The highest BCUT2D eigenvalue weighted by Crippen LogP contribution is 2.38. The summed E-state index contributed by atoms with van der Waals surface area (Å²) in [5, 5.41) is 2.47. The highest BCUT2D eigenvalue weighted by molar-refractivity contribution is 6.03. The largest absolute Gasteiger partial charge is 0.323 e. The van der Waals surface area contributed by atoms with Crippen molar-refractivity contribution >= 4 is 11.6 Å². The van der Waals surface area contributed by atoms with Crippen LogP contribution in [0, 0.1) is 17.6 Å². The topological polar surface area (TPSA) is 29.1 Å². The lowest BCUT2D eigenvalue weighted by Gasteiger charge is -2.11. The Morgan fingerprint density at radius 1 is 1.38 bits per heavy atom. The summed E-state index contributed by atoms with van der Waals surface area (Å²) in [5.41, 5.74) is 0.577. The highest BCUT2D eigenvalue weighted by atomic mass is 19.1. The number of amides is 1. The van der Waals surface area contributed by atoms with Crippen LogP contribution >= 0.6 is 0 Å². The molecule has 86 valence electrons. The molecule has 0 saturated heterocycles. The smallest absolute Gasteiger partial charge is 0.232 e. The third-order valence-electron chi connectivity index (χ3n) is 2.73. The van der Waals surface area contributed by atoms with Gasteiger partial charge < -0.3 is 5.32 Å². The average molecular weight is 225 g/mol. The van der Waals surface area contributed by atoms with Crippen molar-refractivity contribution in [3.8, 4) is 0 Å². The van der Waals surface area contributed by atoms with Crippen molar-refractivity contribution in [2.75, 3.05) is 5.32 Å². The van der Waals surface area contributed by atoms with Crippen molar-refractivity contribution in [3.05, 3.63) is 29.3 Å². The normalized spacial score (nSPS) is 18.8. The molecule has 0 aliphatic carbocycles. The van der Waals surface area contributed by atoms with Gasteiger partial charge in [0.25, 0.3) is 0 Å². The molecule has 1 aromatic carbocycles. The first-order valence-corrected chi connectivity index (χ1v) is 5.29. The van der Waals surface area contributed by atoms with Crippen LogP contribution in [-0.4, -0.2) is 5.91 Å². The Hall–Kier alpha value is -1.45. The maximum Gasteiger partial charge on any atom is 0.232 e. The Kier molecular flexibility index (Phi) is 2.66. The van der Waals surface area contributed by atoms with Crippen LogP contribution in [0.25, 0.3) is 0 Å². The molecule has 1 N–H and O–H groups in total.